The van der Waals surface area contributed by atoms with E-state index in [9.17, 15) is 0 Å². The van der Waals surface area contributed by atoms with Gasteiger partial charge in [0.15, 0.2) is 17.5 Å². The largest absolute Gasteiger partial charge is 0.486 e. The summed E-state index contributed by atoms with van der Waals surface area (Å²) in [5, 5.41) is 7.98. The Morgan fingerprint density at radius 1 is 1.21 bits per heavy atom. The molecule has 1 aromatic heterocycles. The van der Waals surface area contributed by atoms with E-state index in [2.05, 4.69) is 25.3 Å². The second kappa shape index (κ2) is 10.4. The maximum absolute atomic E-state index is 6.33. The van der Waals surface area contributed by atoms with Crippen LogP contribution in [0.3, 0.4) is 0 Å². The van der Waals surface area contributed by atoms with E-state index in [1.54, 1.807) is 13.3 Å². The zero-order chi connectivity index (χ0) is 19.3. The third kappa shape index (κ3) is 5.46. The van der Waals surface area contributed by atoms with Crippen molar-refractivity contribution >= 4 is 41.5 Å². The van der Waals surface area contributed by atoms with E-state index in [4.69, 9.17) is 25.6 Å². The minimum Gasteiger partial charge on any atom is -0.486 e. The molecule has 1 fully saturated rings. The average molecular weight is 534 g/mol. The molecule has 0 bridgehead atoms. The third-order valence-corrected chi connectivity index (χ3v) is 5.15. The molecule has 0 radical (unpaired) electrons. The van der Waals surface area contributed by atoms with Crippen molar-refractivity contribution in [3.63, 3.8) is 0 Å². The molecule has 0 spiro atoms. The van der Waals surface area contributed by atoms with E-state index in [0.717, 1.165) is 49.9 Å². The van der Waals surface area contributed by atoms with Gasteiger partial charge in [-0.05, 0) is 17.7 Å². The van der Waals surface area contributed by atoms with E-state index in [1.165, 1.54) is 0 Å². The fourth-order valence-corrected chi connectivity index (χ4v) is 3.73. The Kier molecular flexibility index (Phi) is 7.84. The molecule has 1 N–H and O–H groups in total. The number of nitrogens with one attached hydrogen (secondary N) is 1. The number of piperazine rings is 1. The molecular weight excluding hydrogens is 509 g/mol. The number of fused-ring (bicyclic) bond motifs is 1. The van der Waals surface area contributed by atoms with E-state index in [1.807, 2.05) is 18.2 Å². The van der Waals surface area contributed by atoms with Gasteiger partial charge in [0, 0.05) is 52.4 Å². The van der Waals surface area contributed by atoms with E-state index in [0.29, 0.717) is 36.3 Å². The normalized spacial score (nSPS) is 17.0. The van der Waals surface area contributed by atoms with Crippen LogP contribution in [0.5, 0.6) is 11.5 Å². The molecule has 0 amide bonds. The number of hydrogen-bond acceptors (Lipinski definition) is 6. The second-order valence-corrected chi connectivity index (χ2v) is 7.16. The number of halogens is 2. The molecule has 29 heavy (non-hydrogen) atoms. The highest BCUT2D eigenvalue weighted by Crippen LogP contribution is 2.38. The Morgan fingerprint density at radius 2 is 2.00 bits per heavy atom. The molecule has 0 unspecified atom stereocenters. The fourth-order valence-electron chi connectivity index (χ4n) is 3.45. The molecule has 2 aromatic rings. The maximum Gasteiger partial charge on any atom is 0.194 e. The van der Waals surface area contributed by atoms with Gasteiger partial charge in [-0.2, -0.15) is 0 Å². The minimum absolute atomic E-state index is 0. The fraction of sp³-hybridized carbons (Fsp3) is 0.474. The van der Waals surface area contributed by atoms with Crippen molar-refractivity contribution in [3.8, 4) is 11.5 Å². The molecular formula is C19H25ClIN5O3. The number of aliphatic imine (C=N–C) groups is 1. The van der Waals surface area contributed by atoms with E-state index < -0.39 is 0 Å². The molecule has 2 aliphatic heterocycles. The standard InChI is InChI=1S/C19H24ClN5O3.HI/c1-21-19(25-5-3-24(4-6-25)13-15-2-7-28-23-15)22-12-14-10-16(20)18-17(11-14)26-8-9-27-18;/h2,7,10-11H,3-6,8-9,12-13H2,1H3,(H,21,22);1H. The number of ether oxygens (including phenoxy) is 2. The lowest BCUT2D eigenvalue weighted by Gasteiger charge is -2.36. The van der Waals surface area contributed by atoms with Gasteiger partial charge < -0.3 is 24.2 Å². The summed E-state index contributed by atoms with van der Waals surface area (Å²) in [6.45, 7) is 6.19. The van der Waals surface area contributed by atoms with Crippen molar-refractivity contribution in [1.82, 2.24) is 20.3 Å². The molecule has 10 heteroatoms. The average Bonchev–Trinajstić information content (AvgIpc) is 3.23. The predicted octanol–water partition coefficient (Wildman–Crippen LogP) is 2.61. The van der Waals surface area contributed by atoms with Crippen LogP contribution in [0.15, 0.2) is 34.0 Å². The zero-order valence-corrected chi connectivity index (χ0v) is 19.4. The van der Waals surface area contributed by atoms with Crippen molar-refractivity contribution in [2.24, 2.45) is 4.99 Å². The van der Waals surface area contributed by atoms with Crippen LogP contribution >= 0.6 is 35.6 Å². The summed E-state index contributed by atoms with van der Waals surface area (Å²) in [5.74, 6) is 2.21. The summed E-state index contributed by atoms with van der Waals surface area (Å²) in [6.07, 6.45) is 1.61. The first kappa shape index (κ1) is 22.0. The lowest BCUT2D eigenvalue weighted by atomic mass is 10.2. The lowest BCUT2D eigenvalue weighted by molar-refractivity contribution is 0.169. The van der Waals surface area contributed by atoms with Gasteiger partial charge in [-0.1, -0.05) is 16.8 Å². The molecule has 1 saturated heterocycles. The van der Waals surface area contributed by atoms with Crippen LogP contribution in [0, 0.1) is 0 Å². The zero-order valence-electron chi connectivity index (χ0n) is 16.3. The summed E-state index contributed by atoms with van der Waals surface area (Å²) >= 11 is 6.33. The number of rotatable bonds is 4. The molecule has 8 nitrogen and oxygen atoms in total. The molecule has 2 aliphatic rings. The maximum atomic E-state index is 6.33. The smallest absolute Gasteiger partial charge is 0.194 e. The van der Waals surface area contributed by atoms with Crippen molar-refractivity contribution < 1.29 is 14.0 Å². The highest BCUT2D eigenvalue weighted by Gasteiger charge is 2.21. The summed E-state index contributed by atoms with van der Waals surface area (Å²) in [4.78, 5) is 9.06. The Morgan fingerprint density at radius 3 is 2.72 bits per heavy atom. The quantitative estimate of drug-likeness (QED) is 0.368. The van der Waals surface area contributed by atoms with Crippen molar-refractivity contribution in [2.45, 2.75) is 13.1 Å². The van der Waals surface area contributed by atoms with Crippen molar-refractivity contribution in [1.29, 1.82) is 0 Å². The number of benzene rings is 1. The predicted molar refractivity (Wildman–Crippen MR) is 121 cm³/mol. The van der Waals surface area contributed by atoms with E-state index >= 15 is 0 Å². The van der Waals surface area contributed by atoms with Gasteiger partial charge in [0.2, 0.25) is 0 Å². The topological polar surface area (TPSA) is 75.4 Å². The SMILES string of the molecule is CN=C(NCc1cc(Cl)c2c(c1)OCCO2)N1CCN(Cc2ccon2)CC1.I. The summed E-state index contributed by atoms with van der Waals surface area (Å²) in [7, 11) is 1.81. The molecule has 158 valence electrons. The first-order valence-corrected chi connectivity index (χ1v) is 9.76. The molecule has 0 atom stereocenters. The number of aromatic nitrogens is 1. The van der Waals surface area contributed by atoms with Gasteiger partial charge >= 0.3 is 0 Å². The number of hydrogen-bond donors (Lipinski definition) is 1. The summed E-state index contributed by atoms with van der Waals surface area (Å²) in [6, 6.07) is 5.78. The molecule has 3 heterocycles. The Bertz CT molecular complexity index is 826. The molecule has 1 aromatic carbocycles. The number of guanidine groups is 1. The highest BCUT2D eigenvalue weighted by molar-refractivity contribution is 14.0. The van der Waals surface area contributed by atoms with Gasteiger partial charge in [-0.15, -0.1) is 24.0 Å². The Balaban J connectivity index is 0.00000240. The van der Waals surface area contributed by atoms with Gasteiger partial charge in [0.05, 0.1) is 10.7 Å². The summed E-state index contributed by atoms with van der Waals surface area (Å²) < 4.78 is 16.1. The second-order valence-electron chi connectivity index (χ2n) is 6.76. The Labute approximate surface area is 192 Å². The van der Waals surface area contributed by atoms with Crippen LogP contribution < -0.4 is 14.8 Å². The molecule has 0 saturated carbocycles. The first-order chi connectivity index (χ1) is 13.7. The van der Waals surface area contributed by atoms with Crippen LogP contribution in [-0.4, -0.2) is 67.4 Å². The van der Waals surface area contributed by atoms with Crippen LogP contribution in [0.4, 0.5) is 0 Å². The monoisotopic (exact) mass is 533 g/mol. The van der Waals surface area contributed by atoms with Crippen LogP contribution in [-0.2, 0) is 13.1 Å². The van der Waals surface area contributed by atoms with E-state index in [-0.39, 0.29) is 24.0 Å². The molecule has 0 aliphatic carbocycles. The summed E-state index contributed by atoms with van der Waals surface area (Å²) in [5.41, 5.74) is 1.99. The van der Waals surface area contributed by atoms with Gasteiger partial charge in [-0.25, -0.2) is 0 Å². The molecule has 4 rings (SSSR count). The Hall–Kier alpha value is -1.72. The van der Waals surface area contributed by atoms with Gasteiger partial charge in [0.25, 0.3) is 0 Å². The van der Waals surface area contributed by atoms with Gasteiger partial charge in [-0.3, -0.25) is 9.89 Å². The van der Waals surface area contributed by atoms with Crippen LogP contribution in [0.2, 0.25) is 5.02 Å². The first-order valence-electron chi connectivity index (χ1n) is 9.38. The lowest BCUT2D eigenvalue weighted by Crippen LogP contribution is -2.52. The van der Waals surface area contributed by atoms with Crippen molar-refractivity contribution in [3.05, 3.63) is 40.7 Å². The van der Waals surface area contributed by atoms with Crippen LogP contribution in [0.25, 0.3) is 0 Å². The van der Waals surface area contributed by atoms with Crippen molar-refractivity contribution in [2.75, 3.05) is 46.4 Å². The van der Waals surface area contributed by atoms with Gasteiger partial charge in [0.1, 0.15) is 19.5 Å². The number of nitrogens with zero attached hydrogens (tertiary/aromatic N) is 4. The highest BCUT2D eigenvalue weighted by atomic mass is 127. The minimum atomic E-state index is 0. The van der Waals surface area contributed by atoms with Crippen LogP contribution in [0.1, 0.15) is 11.3 Å². The third-order valence-electron chi connectivity index (χ3n) is 4.87.